The second kappa shape index (κ2) is 16.2. The number of hydrogen-bond donors (Lipinski definition) is 1. The lowest BCUT2D eigenvalue weighted by atomic mass is 9.93. The predicted octanol–water partition coefficient (Wildman–Crippen LogP) is 4.32. The van der Waals surface area contributed by atoms with Gasteiger partial charge in [-0.25, -0.2) is 0 Å². The Bertz CT molecular complexity index is 188. The zero-order valence-corrected chi connectivity index (χ0v) is 15.2. The van der Waals surface area contributed by atoms with Gasteiger partial charge in [0.2, 0.25) is 0 Å². The van der Waals surface area contributed by atoms with Crippen molar-refractivity contribution in [2.75, 3.05) is 28.4 Å². The minimum absolute atomic E-state index is 0.309. The van der Waals surface area contributed by atoms with Crippen LogP contribution in [0.4, 0.5) is 0 Å². The van der Waals surface area contributed by atoms with E-state index in [0.717, 1.165) is 19.3 Å². The highest BCUT2D eigenvalue weighted by atomic mass is 16.9. The van der Waals surface area contributed by atoms with Gasteiger partial charge in [-0.1, -0.05) is 58.8 Å². The van der Waals surface area contributed by atoms with Gasteiger partial charge < -0.3 is 19.9 Å². The number of ether oxygens (including phenoxy) is 3. The van der Waals surface area contributed by atoms with E-state index in [-0.39, 0.29) is 0 Å². The van der Waals surface area contributed by atoms with Crippen molar-refractivity contribution in [3.8, 4) is 0 Å². The van der Waals surface area contributed by atoms with Crippen LogP contribution in [0.2, 0.25) is 0 Å². The molecule has 1 atom stereocenters. The Morgan fingerprint density at radius 2 is 1.19 bits per heavy atom. The molecule has 0 aliphatic carbocycles. The van der Waals surface area contributed by atoms with Crippen molar-refractivity contribution in [1.29, 1.82) is 0 Å². The largest absolute Gasteiger partial charge is 0.333 e. The van der Waals surface area contributed by atoms with E-state index in [1.165, 1.54) is 45.6 Å². The lowest BCUT2D eigenvalue weighted by molar-refractivity contribution is -0.380. The molecule has 2 N–H and O–H groups in total. The molecule has 0 bridgehead atoms. The van der Waals surface area contributed by atoms with Gasteiger partial charge in [-0.05, 0) is 19.9 Å². The van der Waals surface area contributed by atoms with Crippen LogP contribution in [0.25, 0.3) is 0 Å². The molecule has 0 aliphatic heterocycles. The number of nitrogens with two attached hydrogens (primary N) is 1. The Hall–Kier alpha value is -0.160. The van der Waals surface area contributed by atoms with Gasteiger partial charge in [-0.3, -0.25) is 0 Å². The smallest absolute Gasteiger partial charge is 0.285 e. The first-order valence-electron chi connectivity index (χ1n) is 8.43. The minimum Gasteiger partial charge on any atom is -0.333 e. The van der Waals surface area contributed by atoms with Crippen LogP contribution in [0.1, 0.15) is 71.6 Å². The molecule has 0 radical (unpaired) electrons. The van der Waals surface area contributed by atoms with Gasteiger partial charge in [0, 0.05) is 27.2 Å². The van der Waals surface area contributed by atoms with Crippen LogP contribution in [-0.2, 0) is 14.2 Å². The predicted molar refractivity (Wildman–Crippen MR) is 90.3 cm³/mol. The number of methoxy groups -OCH3 is 3. The van der Waals surface area contributed by atoms with Gasteiger partial charge in [0.1, 0.15) is 0 Å². The molecular formula is C17H39NO3. The van der Waals surface area contributed by atoms with Crippen LogP contribution in [-0.4, -0.2) is 34.4 Å². The molecule has 0 spiro atoms. The van der Waals surface area contributed by atoms with Crippen molar-refractivity contribution in [2.24, 2.45) is 11.7 Å². The zero-order chi connectivity index (χ0) is 16.6. The first kappa shape index (κ1) is 23.1. The molecule has 0 heterocycles. The summed E-state index contributed by atoms with van der Waals surface area (Å²) in [6, 6.07) is 0. The highest BCUT2D eigenvalue weighted by Crippen LogP contribution is 2.32. The molecule has 4 nitrogen and oxygen atoms in total. The first-order chi connectivity index (χ1) is 10.2. The molecule has 21 heavy (non-hydrogen) atoms. The van der Waals surface area contributed by atoms with E-state index in [4.69, 9.17) is 14.2 Å². The van der Waals surface area contributed by atoms with E-state index in [1.807, 2.05) is 0 Å². The van der Waals surface area contributed by atoms with E-state index in [2.05, 4.69) is 19.6 Å². The summed E-state index contributed by atoms with van der Waals surface area (Å²) >= 11 is 0. The van der Waals surface area contributed by atoms with E-state index in [9.17, 15) is 0 Å². The SMILES string of the molecule is CCCCCCCCC(CCC)C(OC)(OC)OC.CN. The van der Waals surface area contributed by atoms with E-state index in [0.29, 0.717) is 5.92 Å². The van der Waals surface area contributed by atoms with Gasteiger partial charge in [-0.15, -0.1) is 0 Å². The molecule has 0 aromatic rings. The van der Waals surface area contributed by atoms with Crippen molar-refractivity contribution in [3.63, 3.8) is 0 Å². The van der Waals surface area contributed by atoms with Crippen molar-refractivity contribution >= 4 is 0 Å². The Morgan fingerprint density at radius 1 is 0.714 bits per heavy atom. The summed E-state index contributed by atoms with van der Waals surface area (Å²) in [5.41, 5.74) is 4.50. The molecule has 1 unspecified atom stereocenters. The van der Waals surface area contributed by atoms with Crippen LogP contribution < -0.4 is 5.73 Å². The van der Waals surface area contributed by atoms with Gasteiger partial charge in [0.05, 0.1) is 0 Å². The lowest BCUT2D eigenvalue weighted by Crippen LogP contribution is -2.44. The third-order valence-electron chi connectivity index (χ3n) is 3.90. The van der Waals surface area contributed by atoms with Crippen LogP contribution in [0.15, 0.2) is 0 Å². The van der Waals surface area contributed by atoms with E-state index < -0.39 is 5.97 Å². The van der Waals surface area contributed by atoms with Gasteiger partial charge >= 0.3 is 0 Å². The normalized spacial score (nSPS) is 12.7. The second-order valence-corrected chi connectivity index (χ2v) is 5.26. The van der Waals surface area contributed by atoms with Gasteiger partial charge in [-0.2, -0.15) is 0 Å². The van der Waals surface area contributed by atoms with E-state index >= 15 is 0 Å². The molecule has 0 amide bonds. The first-order valence-corrected chi connectivity index (χ1v) is 8.43. The van der Waals surface area contributed by atoms with Crippen molar-refractivity contribution in [3.05, 3.63) is 0 Å². The molecule has 0 fully saturated rings. The fourth-order valence-electron chi connectivity index (χ4n) is 2.77. The third kappa shape index (κ3) is 9.46. The van der Waals surface area contributed by atoms with Crippen LogP contribution in [0.3, 0.4) is 0 Å². The van der Waals surface area contributed by atoms with Gasteiger partial charge in [0.25, 0.3) is 5.97 Å². The summed E-state index contributed by atoms with van der Waals surface area (Å²) in [7, 11) is 6.49. The quantitative estimate of drug-likeness (QED) is 0.407. The summed E-state index contributed by atoms with van der Waals surface area (Å²) in [5, 5.41) is 0. The number of hydrogen-bond acceptors (Lipinski definition) is 4. The molecule has 0 saturated heterocycles. The summed E-state index contributed by atoms with van der Waals surface area (Å²) in [4.78, 5) is 0. The molecule has 130 valence electrons. The highest BCUT2D eigenvalue weighted by Gasteiger charge is 2.38. The maximum atomic E-state index is 5.50. The maximum absolute atomic E-state index is 5.50. The average Bonchev–Trinajstić information content (AvgIpc) is 2.54. The lowest BCUT2D eigenvalue weighted by Gasteiger charge is -2.36. The molecule has 0 aliphatic rings. The fourth-order valence-corrected chi connectivity index (χ4v) is 2.77. The van der Waals surface area contributed by atoms with Crippen LogP contribution in [0, 0.1) is 5.92 Å². The summed E-state index contributed by atoms with van der Waals surface area (Å²) in [6.07, 6.45) is 11.2. The molecule has 0 aromatic carbocycles. The Morgan fingerprint density at radius 3 is 1.62 bits per heavy atom. The minimum atomic E-state index is -0.862. The number of rotatable bonds is 13. The average molecular weight is 306 g/mol. The number of unbranched alkanes of at least 4 members (excludes halogenated alkanes) is 5. The molecular weight excluding hydrogens is 266 g/mol. The second-order valence-electron chi connectivity index (χ2n) is 5.26. The highest BCUT2D eigenvalue weighted by molar-refractivity contribution is 4.71. The summed E-state index contributed by atoms with van der Waals surface area (Å²) < 4.78 is 16.5. The van der Waals surface area contributed by atoms with Crippen molar-refractivity contribution < 1.29 is 14.2 Å². The topological polar surface area (TPSA) is 53.7 Å². The van der Waals surface area contributed by atoms with Crippen molar-refractivity contribution in [2.45, 2.75) is 77.6 Å². The molecule has 4 heteroatoms. The van der Waals surface area contributed by atoms with Crippen molar-refractivity contribution in [1.82, 2.24) is 0 Å². The summed E-state index contributed by atoms with van der Waals surface area (Å²) in [5.74, 6) is -0.553. The molecule has 0 rings (SSSR count). The summed E-state index contributed by atoms with van der Waals surface area (Å²) in [6.45, 7) is 4.45. The maximum Gasteiger partial charge on any atom is 0.285 e. The Balaban J connectivity index is 0. The molecule has 0 aromatic heterocycles. The monoisotopic (exact) mass is 305 g/mol. The van der Waals surface area contributed by atoms with Crippen LogP contribution in [0.5, 0.6) is 0 Å². The van der Waals surface area contributed by atoms with Gasteiger partial charge in [0.15, 0.2) is 0 Å². The Labute approximate surface area is 132 Å². The standard InChI is InChI=1S/C16H34O3.CH5N/c1-6-8-9-10-11-12-14-15(13-7-2)16(17-3,18-4)19-5;1-2/h15H,6-14H2,1-5H3;2H2,1H3. The van der Waals surface area contributed by atoms with Crippen LogP contribution >= 0.6 is 0 Å². The fraction of sp³-hybridized carbons (Fsp3) is 1.00. The Kier molecular flexibility index (Phi) is 17.8. The third-order valence-corrected chi connectivity index (χ3v) is 3.90. The zero-order valence-electron chi connectivity index (χ0n) is 15.2. The van der Waals surface area contributed by atoms with E-state index in [1.54, 1.807) is 21.3 Å². The molecule has 0 saturated carbocycles.